The molecule has 1 aliphatic rings. The number of alkyl halides is 3. The van der Waals surface area contributed by atoms with Crippen molar-refractivity contribution in [1.82, 2.24) is 5.32 Å². The van der Waals surface area contributed by atoms with Crippen LogP contribution in [0.2, 0.25) is 0 Å². The molecule has 1 aromatic carbocycles. The predicted octanol–water partition coefficient (Wildman–Crippen LogP) is 1.70. The van der Waals surface area contributed by atoms with E-state index in [-0.39, 0.29) is 6.54 Å². The molecular weight excluding hydrogens is 280 g/mol. The van der Waals surface area contributed by atoms with Gasteiger partial charge in [-0.2, -0.15) is 13.2 Å². The van der Waals surface area contributed by atoms with Gasteiger partial charge in [0.2, 0.25) is 11.8 Å². The van der Waals surface area contributed by atoms with Gasteiger partial charge in [0.15, 0.2) is 0 Å². The highest BCUT2D eigenvalue weighted by Gasteiger charge is 2.36. The second-order valence-corrected chi connectivity index (χ2v) is 4.32. The first kappa shape index (κ1) is 14.3. The number of rotatable bonds is 1. The molecule has 1 heterocycles. The fourth-order valence-corrected chi connectivity index (χ4v) is 1.95. The first-order valence-electron chi connectivity index (χ1n) is 5.68. The highest BCUT2D eigenvalue weighted by Crippen LogP contribution is 2.34. The highest BCUT2D eigenvalue weighted by atomic mass is 19.4. The van der Waals surface area contributed by atoms with Gasteiger partial charge in [0.05, 0.1) is 17.8 Å². The van der Waals surface area contributed by atoms with Crippen LogP contribution in [0, 0.1) is 5.82 Å². The van der Waals surface area contributed by atoms with E-state index in [4.69, 9.17) is 0 Å². The zero-order valence-electron chi connectivity index (χ0n) is 10.3. The van der Waals surface area contributed by atoms with E-state index >= 15 is 0 Å². The third kappa shape index (κ3) is 2.45. The number of nitrogens with one attached hydrogen (secondary N) is 1. The first-order chi connectivity index (χ1) is 9.21. The molecule has 8 heteroatoms. The Labute approximate surface area is 111 Å². The molecule has 0 saturated carbocycles. The van der Waals surface area contributed by atoms with Crippen LogP contribution in [0.3, 0.4) is 0 Å². The molecule has 0 aliphatic carbocycles. The SMILES string of the molecule is CC1C(=O)NCC(=O)N1c1cc(C(F)(F)F)ccc1F. The van der Waals surface area contributed by atoms with E-state index in [9.17, 15) is 27.2 Å². The Morgan fingerprint density at radius 1 is 1.30 bits per heavy atom. The molecule has 1 fully saturated rings. The fourth-order valence-electron chi connectivity index (χ4n) is 1.95. The molecule has 108 valence electrons. The fraction of sp³-hybridized carbons (Fsp3) is 0.333. The van der Waals surface area contributed by atoms with E-state index < -0.39 is 41.1 Å². The monoisotopic (exact) mass is 290 g/mol. The number of hydrogen-bond donors (Lipinski definition) is 1. The third-order valence-electron chi connectivity index (χ3n) is 2.98. The largest absolute Gasteiger partial charge is 0.416 e. The van der Waals surface area contributed by atoms with Crippen LogP contribution in [0.5, 0.6) is 0 Å². The Morgan fingerprint density at radius 2 is 1.95 bits per heavy atom. The number of nitrogens with zero attached hydrogens (tertiary/aromatic N) is 1. The van der Waals surface area contributed by atoms with Gasteiger partial charge in [-0.25, -0.2) is 4.39 Å². The number of anilines is 1. The summed E-state index contributed by atoms with van der Waals surface area (Å²) in [5.41, 5.74) is -1.63. The molecule has 0 bridgehead atoms. The molecule has 0 aromatic heterocycles. The summed E-state index contributed by atoms with van der Waals surface area (Å²) in [7, 11) is 0. The number of piperazine rings is 1. The van der Waals surface area contributed by atoms with Crippen molar-refractivity contribution in [1.29, 1.82) is 0 Å². The van der Waals surface area contributed by atoms with Gasteiger partial charge in [-0.15, -0.1) is 0 Å². The number of benzene rings is 1. The van der Waals surface area contributed by atoms with Crippen molar-refractivity contribution >= 4 is 17.5 Å². The number of hydrogen-bond acceptors (Lipinski definition) is 2. The van der Waals surface area contributed by atoms with E-state index in [0.29, 0.717) is 18.2 Å². The topological polar surface area (TPSA) is 49.4 Å². The second-order valence-electron chi connectivity index (χ2n) is 4.32. The predicted molar refractivity (Wildman–Crippen MR) is 61.4 cm³/mol. The summed E-state index contributed by atoms with van der Waals surface area (Å²) in [6, 6.07) is 0.666. The van der Waals surface area contributed by atoms with Gasteiger partial charge >= 0.3 is 6.18 Å². The summed E-state index contributed by atoms with van der Waals surface area (Å²) in [4.78, 5) is 23.9. The number of halogens is 4. The Hall–Kier alpha value is -2.12. The van der Waals surface area contributed by atoms with E-state index in [1.807, 2.05) is 0 Å². The van der Waals surface area contributed by atoms with Crippen LogP contribution in [-0.4, -0.2) is 24.4 Å². The molecule has 1 aromatic rings. The van der Waals surface area contributed by atoms with Gasteiger partial charge in [-0.3, -0.25) is 14.5 Å². The Morgan fingerprint density at radius 3 is 2.55 bits per heavy atom. The lowest BCUT2D eigenvalue weighted by molar-refractivity contribution is -0.137. The average molecular weight is 290 g/mol. The van der Waals surface area contributed by atoms with Gasteiger partial charge in [-0.05, 0) is 25.1 Å². The average Bonchev–Trinajstić information content (AvgIpc) is 2.35. The molecule has 1 saturated heterocycles. The number of carbonyl (C=O) groups is 2. The van der Waals surface area contributed by atoms with Gasteiger partial charge in [0.1, 0.15) is 11.9 Å². The van der Waals surface area contributed by atoms with Crippen molar-refractivity contribution in [2.45, 2.75) is 19.1 Å². The maximum atomic E-state index is 13.7. The molecule has 1 atom stereocenters. The normalized spacial score (nSPS) is 20.1. The number of carbonyl (C=O) groups excluding carboxylic acids is 2. The van der Waals surface area contributed by atoms with E-state index in [1.54, 1.807) is 0 Å². The second kappa shape index (κ2) is 4.77. The lowest BCUT2D eigenvalue weighted by Crippen LogP contribution is -2.57. The summed E-state index contributed by atoms with van der Waals surface area (Å²) in [6.07, 6.45) is -4.66. The van der Waals surface area contributed by atoms with Gasteiger partial charge in [-0.1, -0.05) is 0 Å². The minimum Gasteiger partial charge on any atom is -0.345 e. The van der Waals surface area contributed by atoms with Gasteiger partial charge < -0.3 is 5.32 Å². The molecule has 1 unspecified atom stereocenters. The third-order valence-corrected chi connectivity index (χ3v) is 2.98. The quantitative estimate of drug-likeness (QED) is 0.800. The summed E-state index contributed by atoms with van der Waals surface area (Å²) in [5.74, 6) is -2.22. The minimum atomic E-state index is -4.66. The van der Waals surface area contributed by atoms with Crippen LogP contribution in [0.4, 0.5) is 23.2 Å². The van der Waals surface area contributed by atoms with Crippen molar-refractivity contribution in [3.8, 4) is 0 Å². The lowest BCUT2D eigenvalue weighted by Gasteiger charge is -2.33. The van der Waals surface area contributed by atoms with E-state index in [2.05, 4.69) is 5.32 Å². The van der Waals surface area contributed by atoms with E-state index in [0.717, 1.165) is 4.90 Å². The Bertz CT molecular complexity index is 571. The molecule has 1 N–H and O–H groups in total. The van der Waals surface area contributed by atoms with Crippen LogP contribution in [-0.2, 0) is 15.8 Å². The maximum Gasteiger partial charge on any atom is 0.416 e. The summed E-state index contributed by atoms with van der Waals surface area (Å²) >= 11 is 0. The Balaban J connectivity index is 2.50. The molecule has 2 amide bonds. The smallest absolute Gasteiger partial charge is 0.345 e. The van der Waals surface area contributed by atoms with Crippen molar-refractivity contribution in [3.63, 3.8) is 0 Å². The first-order valence-corrected chi connectivity index (χ1v) is 5.68. The summed E-state index contributed by atoms with van der Waals surface area (Å²) < 4.78 is 51.6. The molecule has 0 radical (unpaired) electrons. The van der Waals surface area contributed by atoms with Crippen molar-refractivity contribution in [2.75, 3.05) is 11.4 Å². The van der Waals surface area contributed by atoms with Crippen molar-refractivity contribution in [3.05, 3.63) is 29.6 Å². The van der Waals surface area contributed by atoms with Crippen molar-refractivity contribution < 1.29 is 27.2 Å². The molecule has 20 heavy (non-hydrogen) atoms. The van der Waals surface area contributed by atoms with Crippen LogP contribution in [0.25, 0.3) is 0 Å². The van der Waals surface area contributed by atoms with Crippen LogP contribution in [0.1, 0.15) is 12.5 Å². The molecule has 4 nitrogen and oxygen atoms in total. The summed E-state index contributed by atoms with van der Waals surface area (Å²) in [5, 5.41) is 2.27. The van der Waals surface area contributed by atoms with E-state index in [1.165, 1.54) is 6.92 Å². The maximum absolute atomic E-state index is 13.7. The van der Waals surface area contributed by atoms with Gasteiger partial charge in [0.25, 0.3) is 0 Å². The summed E-state index contributed by atoms with van der Waals surface area (Å²) in [6.45, 7) is 0.935. The standard InChI is InChI=1S/C12H10F4N2O2/c1-6-11(20)17-5-10(19)18(6)9-4-7(12(14,15)16)2-3-8(9)13/h2-4,6H,5H2,1H3,(H,17,20). The van der Waals surface area contributed by atoms with Crippen LogP contribution < -0.4 is 10.2 Å². The highest BCUT2D eigenvalue weighted by molar-refractivity contribution is 6.06. The zero-order chi connectivity index (χ0) is 15.1. The van der Waals surface area contributed by atoms with Gasteiger partial charge in [0, 0.05) is 0 Å². The molecular formula is C12H10F4N2O2. The van der Waals surface area contributed by atoms with Crippen LogP contribution in [0.15, 0.2) is 18.2 Å². The molecule has 0 spiro atoms. The number of amides is 2. The molecule has 1 aliphatic heterocycles. The lowest BCUT2D eigenvalue weighted by atomic mass is 10.1. The van der Waals surface area contributed by atoms with Crippen molar-refractivity contribution in [2.24, 2.45) is 0 Å². The Kier molecular flexibility index (Phi) is 3.41. The van der Waals surface area contributed by atoms with Crippen LogP contribution >= 0.6 is 0 Å². The molecule has 2 rings (SSSR count). The zero-order valence-corrected chi connectivity index (χ0v) is 10.3. The minimum absolute atomic E-state index is 0.376.